The maximum Gasteiger partial charge on any atom is 0.287 e. The van der Waals surface area contributed by atoms with Crippen molar-refractivity contribution in [3.63, 3.8) is 0 Å². The first-order valence-corrected chi connectivity index (χ1v) is 6.25. The van der Waals surface area contributed by atoms with E-state index in [1.165, 1.54) is 6.07 Å². The summed E-state index contributed by atoms with van der Waals surface area (Å²) >= 11 is 5.65. The highest BCUT2D eigenvalue weighted by atomic mass is 35.5. The number of nitro groups is 1. The van der Waals surface area contributed by atoms with E-state index in [4.69, 9.17) is 21.6 Å². The van der Waals surface area contributed by atoms with Crippen molar-refractivity contribution in [3.05, 3.63) is 68.2 Å². The topological polar surface area (TPSA) is 76.2 Å². The molecular formula is C14H7ClF2N2O3. The molecule has 0 amide bonds. The van der Waals surface area contributed by atoms with Gasteiger partial charge in [0.05, 0.1) is 9.95 Å². The minimum Gasteiger partial charge on any atom is -0.489 e. The number of benzene rings is 2. The van der Waals surface area contributed by atoms with E-state index in [1.807, 2.05) is 0 Å². The molecule has 2 rings (SSSR count). The quantitative estimate of drug-likeness (QED) is 0.484. The zero-order valence-electron chi connectivity index (χ0n) is 10.8. The van der Waals surface area contributed by atoms with Crippen LogP contribution < -0.4 is 4.74 Å². The maximum absolute atomic E-state index is 13.6. The Bertz CT molecular complexity index is 790. The van der Waals surface area contributed by atoms with Crippen LogP contribution in [0, 0.1) is 33.1 Å². The van der Waals surface area contributed by atoms with Crippen molar-refractivity contribution in [2.75, 3.05) is 0 Å². The summed E-state index contributed by atoms with van der Waals surface area (Å²) in [7, 11) is 0. The van der Waals surface area contributed by atoms with Crippen molar-refractivity contribution in [2.45, 2.75) is 6.61 Å². The van der Waals surface area contributed by atoms with Crippen molar-refractivity contribution in [1.29, 1.82) is 5.26 Å². The lowest BCUT2D eigenvalue weighted by molar-refractivity contribution is -0.385. The van der Waals surface area contributed by atoms with Gasteiger partial charge >= 0.3 is 0 Å². The molecule has 2 aromatic rings. The standard InChI is InChI=1S/C14H7ClF2N2O3/c15-14-10(11(16)2-3-12(14)17)7-22-9-1-4-13(19(20)21)8(5-9)6-18/h1-5H,7H2. The van der Waals surface area contributed by atoms with Crippen LogP contribution in [0.2, 0.25) is 5.02 Å². The van der Waals surface area contributed by atoms with Gasteiger partial charge in [-0.1, -0.05) is 11.6 Å². The van der Waals surface area contributed by atoms with E-state index in [1.54, 1.807) is 6.07 Å². The van der Waals surface area contributed by atoms with Crippen molar-refractivity contribution in [1.82, 2.24) is 0 Å². The first-order valence-electron chi connectivity index (χ1n) is 5.87. The van der Waals surface area contributed by atoms with Gasteiger partial charge in [0.2, 0.25) is 0 Å². The number of rotatable bonds is 4. The Balaban J connectivity index is 2.25. The molecule has 0 heterocycles. The van der Waals surface area contributed by atoms with Crippen LogP contribution in [0.3, 0.4) is 0 Å². The van der Waals surface area contributed by atoms with E-state index < -0.39 is 21.6 Å². The Morgan fingerprint density at radius 1 is 1.27 bits per heavy atom. The van der Waals surface area contributed by atoms with Gasteiger partial charge in [0.15, 0.2) is 0 Å². The minimum atomic E-state index is -0.789. The summed E-state index contributed by atoms with van der Waals surface area (Å²) < 4.78 is 32.1. The Labute approximate surface area is 128 Å². The third-order valence-corrected chi connectivity index (χ3v) is 3.22. The van der Waals surface area contributed by atoms with E-state index in [2.05, 4.69) is 0 Å². The zero-order valence-corrected chi connectivity index (χ0v) is 11.6. The van der Waals surface area contributed by atoms with Crippen molar-refractivity contribution in [3.8, 4) is 11.8 Å². The number of nitro benzene ring substituents is 1. The van der Waals surface area contributed by atoms with Crippen LogP contribution >= 0.6 is 11.6 Å². The average Bonchev–Trinajstić information content (AvgIpc) is 2.50. The molecule has 8 heteroatoms. The average molecular weight is 325 g/mol. The van der Waals surface area contributed by atoms with Crippen LogP contribution in [0.4, 0.5) is 14.5 Å². The fourth-order valence-corrected chi connectivity index (χ4v) is 1.92. The molecule has 5 nitrogen and oxygen atoms in total. The number of hydrogen-bond acceptors (Lipinski definition) is 4. The second-order valence-corrected chi connectivity index (χ2v) is 4.54. The highest BCUT2D eigenvalue weighted by Crippen LogP contribution is 2.27. The number of nitrogens with zero attached hydrogens (tertiary/aromatic N) is 2. The monoisotopic (exact) mass is 324 g/mol. The summed E-state index contributed by atoms with van der Waals surface area (Å²) in [6.07, 6.45) is 0. The molecule has 112 valence electrons. The predicted molar refractivity (Wildman–Crippen MR) is 73.5 cm³/mol. The smallest absolute Gasteiger partial charge is 0.287 e. The first kappa shape index (κ1) is 15.7. The largest absolute Gasteiger partial charge is 0.489 e. The van der Waals surface area contributed by atoms with Gasteiger partial charge in [0.25, 0.3) is 5.69 Å². The lowest BCUT2D eigenvalue weighted by Gasteiger charge is -2.09. The lowest BCUT2D eigenvalue weighted by atomic mass is 10.2. The van der Waals surface area contributed by atoms with E-state index >= 15 is 0 Å². The molecule has 2 aromatic carbocycles. The molecule has 0 aliphatic rings. The van der Waals surface area contributed by atoms with Gasteiger partial charge in [-0.25, -0.2) is 8.78 Å². The molecule has 0 aliphatic heterocycles. The summed E-state index contributed by atoms with van der Waals surface area (Å²) in [4.78, 5) is 10.0. The Morgan fingerprint density at radius 2 is 1.95 bits per heavy atom. The molecule has 0 aromatic heterocycles. The first-order chi connectivity index (χ1) is 10.4. The normalized spacial score (nSPS) is 10.1. The molecule has 0 spiro atoms. The van der Waals surface area contributed by atoms with E-state index in [9.17, 15) is 18.9 Å². The SMILES string of the molecule is N#Cc1cc(OCc2c(F)ccc(F)c2Cl)ccc1[N+](=O)[O-]. The van der Waals surface area contributed by atoms with Crippen molar-refractivity contribution < 1.29 is 18.4 Å². The molecule has 0 radical (unpaired) electrons. The number of hydrogen-bond donors (Lipinski definition) is 0. The summed E-state index contributed by atoms with van der Waals surface area (Å²) in [5.41, 5.74) is -0.753. The number of nitriles is 1. The van der Waals surface area contributed by atoms with Crippen LogP contribution in [-0.2, 0) is 6.61 Å². The maximum atomic E-state index is 13.6. The fourth-order valence-electron chi connectivity index (χ4n) is 1.71. The molecular weight excluding hydrogens is 318 g/mol. The van der Waals surface area contributed by atoms with E-state index in [-0.39, 0.29) is 29.2 Å². The molecule has 0 atom stereocenters. The molecule has 0 unspecified atom stereocenters. The Morgan fingerprint density at radius 3 is 2.59 bits per heavy atom. The fraction of sp³-hybridized carbons (Fsp3) is 0.0714. The van der Waals surface area contributed by atoms with Gasteiger partial charge in [-0.2, -0.15) is 5.26 Å². The molecule has 0 saturated heterocycles. The van der Waals surface area contributed by atoms with Crippen LogP contribution in [0.15, 0.2) is 30.3 Å². The predicted octanol–water partition coefficient (Wildman–Crippen LogP) is 3.98. The summed E-state index contributed by atoms with van der Waals surface area (Å²) in [6.45, 7) is -0.384. The van der Waals surface area contributed by atoms with Crippen LogP contribution in [0.5, 0.6) is 5.75 Å². The third kappa shape index (κ3) is 3.13. The second-order valence-electron chi connectivity index (χ2n) is 4.16. The summed E-state index contributed by atoms with van der Waals surface area (Å²) in [6, 6.07) is 6.96. The van der Waals surface area contributed by atoms with Gasteiger partial charge in [-0.05, 0) is 18.2 Å². The van der Waals surface area contributed by atoms with Gasteiger partial charge in [-0.3, -0.25) is 10.1 Å². The van der Waals surface area contributed by atoms with E-state index in [0.717, 1.165) is 24.3 Å². The lowest BCUT2D eigenvalue weighted by Crippen LogP contribution is -2.02. The Kier molecular flexibility index (Phi) is 4.53. The number of halogens is 3. The van der Waals surface area contributed by atoms with Crippen molar-refractivity contribution >= 4 is 17.3 Å². The van der Waals surface area contributed by atoms with Crippen LogP contribution in [-0.4, -0.2) is 4.92 Å². The molecule has 0 fully saturated rings. The third-order valence-electron chi connectivity index (χ3n) is 2.81. The van der Waals surface area contributed by atoms with Crippen LogP contribution in [0.25, 0.3) is 0 Å². The summed E-state index contributed by atoms with van der Waals surface area (Å²) in [5.74, 6) is -1.43. The van der Waals surface area contributed by atoms with E-state index in [0.29, 0.717) is 0 Å². The highest BCUT2D eigenvalue weighted by molar-refractivity contribution is 6.31. The van der Waals surface area contributed by atoms with Gasteiger partial charge in [-0.15, -0.1) is 0 Å². The highest BCUT2D eigenvalue weighted by Gasteiger charge is 2.16. The molecule has 0 aliphatic carbocycles. The molecule has 0 N–H and O–H groups in total. The zero-order chi connectivity index (χ0) is 16.3. The van der Waals surface area contributed by atoms with Crippen molar-refractivity contribution in [2.24, 2.45) is 0 Å². The Hall–Kier alpha value is -2.72. The number of ether oxygens (including phenoxy) is 1. The van der Waals surface area contributed by atoms with Gasteiger partial charge in [0.1, 0.15) is 35.6 Å². The molecule has 22 heavy (non-hydrogen) atoms. The van der Waals surface area contributed by atoms with Gasteiger partial charge < -0.3 is 4.74 Å². The van der Waals surface area contributed by atoms with Crippen LogP contribution in [0.1, 0.15) is 11.1 Å². The molecule has 0 saturated carbocycles. The minimum absolute atomic E-state index is 0.0990. The molecule has 0 bridgehead atoms. The summed E-state index contributed by atoms with van der Waals surface area (Å²) in [5, 5.41) is 19.2. The second kappa shape index (κ2) is 6.37. The van der Waals surface area contributed by atoms with Gasteiger partial charge in [0, 0.05) is 17.7 Å².